The minimum Gasteiger partial charge on any atom is -0.303 e. The molecule has 0 saturated heterocycles. The highest BCUT2D eigenvalue weighted by atomic mass is 16.1. The van der Waals surface area contributed by atoms with E-state index in [-0.39, 0.29) is 11.6 Å². The fourth-order valence-electron chi connectivity index (χ4n) is 5.29. The summed E-state index contributed by atoms with van der Waals surface area (Å²) in [7, 11) is 0. The molecule has 21 heavy (non-hydrogen) atoms. The van der Waals surface area contributed by atoms with E-state index in [9.17, 15) is 4.79 Å². The lowest BCUT2D eigenvalue weighted by Crippen LogP contribution is -2.56. The van der Waals surface area contributed by atoms with E-state index in [1.54, 1.807) is 0 Å². The highest BCUT2D eigenvalue weighted by molar-refractivity contribution is 5.57. The largest absolute Gasteiger partial charge is 0.303 e. The van der Waals surface area contributed by atoms with Crippen molar-refractivity contribution in [3.63, 3.8) is 0 Å². The molecule has 0 aliphatic heterocycles. The van der Waals surface area contributed by atoms with Crippen LogP contribution in [0, 0.1) is 29.1 Å². The van der Waals surface area contributed by atoms with E-state index >= 15 is 0 Å². The van der Waals surface area contributed by atoms with Crippen LogP contribution < -0.4 is 5.32 Å². The molecular weight excluding hydrogens is 258 g/mol. The Kier molecular flexibility index (Phi) is 4.87. The summed E-state index contributed by atoms with van der Waals surface area (Å²) in [6.45, 7) is 13.7. The lowest BCUT2D eigenvalue weighted by molar-refractivity contribution is -0.135. The molecule has 3 rings (SSSR count). The van der Waals surface area contributed by atoms with Crippen LogP contribution in [0.4, 0.5) is 0 Å². The molecule has 1 N–H and O–H groups in total. The zero-order chi connectivity index (χ0) is 15.8. The van der Waals surface area contributed by atoms with Gasteiger partial charge >= 0.3 is 0 Å². The fraction of sp³-hybridized carbons (Fsp3) is 0.947. The number of hydrogen-bond donors (Lipinski definition) is 1. The lowest BCUT2D eigenvalue weighted by atomic mass is 9.42. The summed E-state index contributed by atoms with van der Waals surface area (Å²) in [5, 5.41) is 3.49. The van der Waals surface area contributed by atoms with Gasteiger partial charge < -0.3 is 10.1 Å². The van der Waals surface area contributed by atoms with E-state index in [1.807, 2.05) is 0 Å². The summed E-state index contributed by atoms with van der Waals surface area (Å²) in [5.41, 5.74) is 0.565. The first-order valence-corrected chi connectivity index (χ1v) is 8.88. The highest BCUT2D eigenvalue weighted by Gasteiger charge is 2.56. The second kappa shape index (κ2) is 6.02. The molecule has 3 aliphatic carbocycles. The number of carbonyl (C=O) groups is 1. The predicted molar refractivity (Wildman–Crippen MR) is 89.2 cm³/mol. The number of hydrogen-bond acceptors (Lipinski definition) is 2. The number of fused-ring (bicyclic) bond motifs is 2. The van der Waals surface area contributed by atoms with E-state index in [0.29, 0.717) is 5.41 Å². The van der Waals surface area contributed by atoms with Crippen molar-refractivity contribution < 1.29 is 4.79 Å². The second-order valence-electron chi connectivity index (χ2n) is 9.35. The fourth-order valence-corrected chi connectivity index (χ4v) is 5.29. The summed E-state index contributed by atoms with van der Waals surface area (Å²) >= 11 is 0. The molecule has 122 valence electrons. The van der Waals surface area contributed by atoms with Crippen molar-refractivity contribution in [2.24, 2.45) is 29.1 Å². The maximum Gasteiger partial charge on any atom is 0.136 e. The van der Waals surface area contributed by atoms with Gasteiger partial charge in [0.1, 0.15) is 6.29 Å². The minimum atomic E-state index is 0.0175. The average molecular weight is 293 g/mol. The highest BCUT2D eigenvalue weighted by Crippen LogP contribution is 2.64. The van der Waals surface area contributed by atoms with E-state index < -0.39 is 0 Å². The molecule has 0 spiro atoms. The Morgan fingerprint density at radius 1 is 1.29 bits per heavy atom. The summed E-state index contributed by atoms with van der Waals surface area (Å²) in [4.78, 5) is 11.5. The standard InChI is InChI=1S/C19H35NO/c1-13(2)11-19(6)15-8-7-14(17(19)10-15)9-16(12-21)20-18(3,4)5/h12-17,20H,7-11H2,1-6H3. The van der Waals surface area contributed by atoms with E-state index in [0.717, 1.165) is 36.4 Å². The number of aldehydes is 1. The van der Waals surface area contributed by atoms with Gasteiger partial charge in [0, 0.05) is 5.54 Å². The molecule has 3 saturated carbocycles. The Bertz CT molecular complexity index is 368. The molecule has 0 aromatic heterocycles. The lowest BCUT2D eigenvalue weighted by Gasteiger charge is -2.63. The minimum absolute atomic E-state index is 0.0175. The van der Waals surface area contributed by atoms with Crippen molar-refractivity contribution in [2.75, 3.05) is 0 Å². The number of carbonyl (C=O) groups excluding carboxylic acids is 1. The first kappa shape index (κ1) is 17.0. The maximum absolute atomic E-state index is 11.5. The van der Waals surface area contributed by atoms with Crippen LogP contribution >= 0.6 is 0 Å². The van der Waals surface area contributed by atoms with Gasteiger partial charge in [-0.05, 0) is 82.0 Å². The van der Waals surface area contributed by atoms with Gasteiger partial charge in [-0.2, -0.15) is 0 Å². The van der Waals surface area contributed by atoms with Crippen LogP contribution in [0.5, 0.6) is 0 Å². The van der Waals surface area contributed by atoms with Crippen LogP contribution in [0.2, 0.25) is 0 Å². The van der Waals surface area contributed by atoms with Gasteiger partial charge in [0.2, 0.25) is 0 Å². The summed E-state index contributed by atoms with van der Waals surface area (Å²) in [5.74, 6) is 3.33. The Hall–Kier alpha value is -0.370. The van der Waals surface area contributed by atoms with Gasteiger partial charge in [-0.25, -0.2) is 0 Å². The molecule has 2 nitrogen and oxygen atoms in total. The van der Waals surface area contributed by atoms with Crippen molar-refractivity contribution in [1.29, 1.82) is 0 Å². The van der Waals surface area contributed by atoms with Crippen molar-refractivity contribution in [3.05, 3.63) is 0 Å². The predicted octanol–water partition coefficient (Wildman–Crippen LogP) is 4.43. The Morgan fingerprint density at radius 3 is 2.43 bits per heavy atom. The zero-order valence-corrected chi connectivity index (χ0v) is 14.9. The van der Waals surface area contributed by atoms with Gasteiger partial charge in [0.15, 0.2) is 0 Å². The molecule has 0 radical (unpaired) electrons. The number of rotatable bonds is 6. The third-order valence-electron chi connectivity index (χ3n) is 5.96. The molecule has 3 fully saturated rings. The molecular formula is C19H35NO. The summed E-state index contributed by atoms with van der Waals surface area (Å²) in [6.07, 6.45) is 7.65. The molecule has 3 aliphatic rings. The first-order chi connectivity index (χ1) is 9.65. The van der Waals surface area contributed by atoms with Crippen LogP contribution in [0.1, 0.15) is 73.6 Å². The van der Waals surface area contributed by atoms with Gasteiger partial charge in [-0.3, -0.25) is 0 Å². The summed E-state index contributed by atoms with van der Waals surface area (Å²) < 4.78 is 0. The smallest absolute Gasteiger partial charge is 0.136 e. The van der Waals surface area contributed by atoms with Crippen molar-refractivity contribution in [1.82, 2.24) is 5.32 Å². The monoisotopic (exact) mass is 293 g/mol. The van der Waals surface area contributed by atoms with Crippen molar-refractivity contribution >= 4 is 6.29 Å². The maximum atomic E-state index is 11.5. The Labute approximate surface area is 131 Å². The van der Waals surface area contributed by atoms with Crippen LogP contribution in [-0.4, -0.2) is 17.9 Å². The summed E-state index contributed by atoms with van der Waals surface area (Å²) in [6, 6.07) is 0.0236. The normalized spacial score (nSPS) is 37.2. The molecule has 0 aromatic carbocycles. The van der Waals surface area contributed by atoms with E-state index in [2.05, 4.69) is 46.9 Å². The van der Waals surface area contributed by atoms with Crippen LogP contribution in [0.25, 0.3) is 0 Å². The van der Waals surface area contributed by atoms with Gasteiger partial charge in [-0.1, -0.05) is 20.8 Å². The molecule has 5 atom stereocenters. The third kappa shape index (κ3) is 3.70. The van der Waals surface area contributed by atoms with E-state index in [1.165, 1.54) is 25.7 Å². The van der Waals surface area contributed by atoms with E-state index in [4.69, 9.17) is 0 Å². The van der Waals surface area contributed by atoms with Gasteiger partial charge in [0.05, 0.1) is 6.04 Å². The van der Waals surface area contributed by atoms with Crippen molar-refractivity contribution in [2.45, 2.75) is 85.2 Å². The van der Waals surface area contributed by atoms with Crippen LogP contribution in [0.3, 0.4) is 0 Å². The SMILES string of the molecule is CC(C)CC1(C)C2CCC(CC(C=O)NC(C)(C)C)C1C2. The quantitative estimate of drug-likeness (QED) is 0.734. The van der Waals surface area contributed by atoms with Crippen LogP contribution in [0.15, 0.2) is 0 Å². The molecule has 2 heteroatoms. The number of nitrogens with one attached hydrogen (secondary N) is 1. The van der Waals surface area contributed by atoms with Crippen LogP contribution in [-0.2, 0) is 4.79 Å². The molecule has 5 unspecified atom stereocenters. The molecule has 0 amide bonds. The topological polar surface area (TPSA) is 29.1 Å². The average Bonchev–Trinajstić information content (AvgIpc) is 2.35. The van der Waals surface area contributed by atoms with Crippen molar-refractivity contribution in [3.8, 4) is 0 Å². The molecule has 0 aromatic rings. The molecule has 0 heterocycles. The Balaban J connectivity index is 1.99. The molecule has 2 bridgehead atoms. The third-order valence-corrected chi connectivity index (χ3v) is 5.96. The first-order valence-electron chi connectivity index (χ1n) is 8.88. The zero-order valence-electron chi connectivity index (χ0n) is 14.9. The second-order valence-corrected chi connectivity index (χ2v) is 9.35. The van der Waals surface area contributed by atoms with Gasteiger partial charge in [-0.15, -0.1) is 0 Å². The van der Waals surface area contributed by atoms with Gasteiger partial charge in [0.25, 0.3) is 0 Å². The Morgan fingerprint density at radius 2 is 1.95 bits per heavy atom.